The van der Waals surface area contributed by atoms with Gasteiger partial charge in [0.1, 0.15) is 5.75 Å². The Morgan fingerprint density at radius 1 is 1.28 bits per heavy atom. The van der Waals surface area contributed by atoms with Crippen molar-refractivity contribution < 1.29 is 5.11 Å². The Kier molecular flexibility index (Phi) is 5.25. The quantitative estimate of drug-likeness (QED) is 0.361. The van der Waals surface area contributed by atoms with E-state index < -0.39 is 0 Å². The maximum atomic E-state index is 10.3. The highest BCUT2D eigenvalue weighted by Crippen LogP contribution is 2.27. The molecule has 0 atom stereocenters. The van der Waals surface area contributed by atoms with Gasteiger partial charge in [-0.25, -0.2) is 5.10 Å². The SMILES string of the molecule is C=CCc1cccc(C=Nn2c(-c3ccccc3Br)n[nH]c2=S)c1O. The van der Waals surface area contributed by atoms with E-state index in [-0.39, 0.29) is 5.75 Å². The predicted octanol–water partition coefficient (Wildman–Crippen LogP) is 4.69. The number of aromatic amines is 1. The molecule has 25 heavy (non-hydrogen) atoms. The molecule has 0 bridgehead atoms. The van der Waals surface area contributed by atoms with Crippen LogP contribution >= 0.6 is 28.1 Å². The fraction of sp³-hybridized carbons (Fsp3) is 0.0556. The number of nitrogens with zero attached hydrogens (tertiary/aromatic N) is 3. The molecule has 5 nitrogen and oxygen atoms in total. The maximum Gasteiger partial charge on any atom is 0.216 e. The highest BCUT2D eigenvalue weighted by atomic mass is 79.9. The zero-order valence-corrected chi connectivity index (χ0v) is 15.6. The summed E-state index contributed by atoms with van der Waals surface area (Å²) in [6.45, 7) is 3.70. The monoisotopic (exact) mass is 414 g/mol. The predicted molar refractivity (Wildman–Crippen MR) is 106 cm³/mol. The van der Waals surface area contributed by atoms with Crippen LogP contribution in [0.5, 0.6) is 5.75 Å². The normalized spacial score (nSPS) is 11.1. The van der Waals surface area contributed by atoms with Gasteiger partial charge in [-0.3, -0.25) is 0 Å². The average Bonchev–Trinajstić information content (AvgIpc) is 2.97. The molecule has 0 amide bonds. The van der Waals surface area contributed by atoms with Gasteiger partial charge in [0.15, 0.2) is 5.82 Å². The van der Waals surface area contributed by atoms with E-state index in [1.807, 2.05) is 36.4 Å². The molecule has 2 aromatic carbocycles. The summed E-state index contributed by atoms with van der Waals surface area (Å²) in [5, 5.41) is 21.8. The van der Waals surface area contributed by atoms with E-state index in [1.54, 1.807) is 18.4 Å². The summed E-state index contributed by atoms with van der Waals surface area (Å²) >= 11 is 8.78. The largest absolute Gasteiger partial charge is 0.507 e. The Hall–Kier alpha value is -2.51. The molecule has 0 radical (unpaired) electrons. The van der Waals surface area contributed by atoms with E-state index >= 15 is 0 Å². The number of halogens is 1. The third-order valence-corrected chi connectivity index (χ3v) is 4.55. The minimum absolute atomic E-state index is 0.184. The topological polar surface area (TPSA) is 66.2 Å². The van der Waals surface area contributed by atoms with Crippen LogP contribution in [0.15, 0.2) is 64.7 Å². The summed E-state index contributed by atoms with van der Waals surface area (Å²) in [7, 11) is 0. The number of hydrogen-bond acceptors (Lipinski definition) is 4. The van der Waals surface area contributed by atoms with E-state index in [4.69, 9.17) is 12.2 Å². The number of benzene rings is 2. The number of hydrogen-bond donors (Lipinski definition) is 2. The number of aromatic hydroxyl groups is 1. The van der Waals surface area contributed by atoms with Gasteiger partial charge < -0.3 is 5.11 Å². The van der Waals surface area contributed by atoms with Gasteiger partial charge in [0.2, 0.25) is 4.77 Å². The summed E-state index contributed by atoms with van der Waals surface area (Å²) < 4.78 is 2.77. The van der Waals surface area contributed by atoms with Crippen molar-refractivity contribution in [3.8, 4) is 17.1 Å². The molecule has 1 aromatic heterocycles. The van der Waals surface area contributed by atoms with Crippen molar-refractivity contribution in [3.63, 3.8) is 0 Å². The van der Waals surface area contributed by atoms with Gasteiger partial charge in [0.05, 0.1) is 6.21 Å². The lowest BCUT2D eigenvalue weighted by molar-refractivity contribution is 0.469. The fourth-order valence-corrected chi connectivity index (χ4v) is 3.01. The lowest BCUT2D eigenvalue weighted by Gasteiger charge is -2.05. The molecule has 0 aliphatic heterocycles. The van der Waals surface area contributed by atoms with Crippen molar-refractivity contribution in [2.75, 3.05) is 0 Å². The minimum Gasteiger partial charge on any atom is -0.507 e. The Morgan fingerprint density at radius 3 is 2.84 bits per heavy atom. The zero-order chi connectivity index (χ0) is 17.8. The van der Waals surface area contributed by atoms with Gasteiger partial charge in [-0.1, -0.05) is 46.3 Å². The molecule has 0 saturated heterocycles. The van der Waals surface area contributed by atoms with Gasteiger partial charge >= 0.3 is 0 Å². The Morgan fingerprint density at radius 2 is 2.08 bits per heavy atom. The first-order chi connectivity index (χ1) is 12.1. The van der Waals surface area contributed by atoms with E-state index in [0.29, 0.717) is 22.6 Å². The first kappa shape index (κ1) is 17.3. The second kappa shape index (κ2) is 7.58. The molecule has 3 aromatic rings. The van der Waals surface area contributed by atoms with E-state index in [2.05, 4.69) is 37.8 Å². The zero-order valence-electron chi connectivity index (χ0n) is 13.2. The highest BCUT2D eigenvalue weighted by Gasteiger charge is 2.11. The molecule has 0 aliphatic rings. The molecular formula is C18H15BrN4OS. The molecular weight excluding hydrogens is 400 g/mol. The van der Waals surface area contributed by atoms with Crippen LogP contribution in [0, 0.1) is 4.77 Å². The van der Waals surface area contributed by atoms with Gasteiger partial charge in [-0.05, 0) is 42.4 Å². The molecule has 0 unspecified atom stereocenters. The van der Waals surface area contributed by atoms with Crippen LogP contribution < -0.4 is 0 Å². The number of H-pyrrole nitrogens is 1. The number of rotatable bonds is 5. The van der Waals surface area contributed by atoms with Crippen LogP contribution in [0.2, 0.25) is 0 Å². The number of phenolic OH excluding ortho intramolecular Hbond substituents is 1. The number of nitrogens with one attached hydrogen (secondary N) is 1. The first-order valence-corrected chi connectivity index (χ1v) is 8.70. The molecule has 0 spiro atoms. The summed E-state index contributed by atoms with van der Waals surface area (Å²) in [5.74, 6) is 0.763. The second-order valence-electron chi connectivity index (χ2n) is 5.24. The van der Waals surface area contributed by atoms with Crippen molar-refractivity contribution in [2.45, 2.75) is 6.42 Å². The lowest BCUT2D eigenvalue weighted by Crippen LogP contribution is -1.96. The average molecular weight is 415 g/mol. The number of para-hydroxylation sites is 1. The van der Waals surface area contributed by atoms with Crippen molar-refractivity contribution in [1.82, 2.24) is 14.9 Å². The lowest BCUT2D eigenvalue weighted by atomic mass is 10.1. The summed E-state index contributed by atoms with van der Waals surface area (Å²) in [6, 6.07) is 13.2. The van der Waals surface area contributed by atoms with Crippen LogP contribution in [0.4, 0.5) is 0 Å². The second-order valence-corrected chi connectivity index (χ2v) is 6.48. The van der Waals surface area contributed by atoms with Gasteiger partial charge in [-0.15, -0.1) is 6.58 Å². The third-order valence-electron chi connectivity index (χ3n) is 3.59. The van der Waals surface area contributed by atoms with Gasteiger partial charge in [0.25, 0.3) is 0 Å². The number of aromatic nitrogens is 3. The van der Waals surface area contributed by atoms with Crippen molar-refractivity contribution >= 4 is 34.4 Å². The van der Waals surface area contributed by atoms with Crippen LogP contribution in [0.25, 0.3) is 11.4 Å². The van der Waals surface area contributed by atoms with Crippen LogP contribution in [0.3, 0.4) is 0 Å². The summed E-state index contributed by atoms with van der Waals surface area (Å²) in [5.41, 5.74) is 2.25. The Labute approximate surface area is 158 Å². The smallest absolute Gasteiger partial charge is 0.216 e. The Bertz CT molecular complexity index is 1010. The number of allylic oxidation sites excluding steroid dienone is 1. The minimum atomic E-state index is 0.184. The molecule has 0 fully saturated rings. The van der Waals surface area contributed by atoms with Crippen LogP contribution in [-0.4, -0.2) is 26.2 Å². The summed E-state index contributed by atoms with van der Waals surface area (Å²) in [4.78, 5) is 0. The molecule has 7 heteroatoms. The maximum absolute atomic E-state index is 10.3. The molecule has 0 aliphatic carbocycles. The molecule has 1 heterocycles. The Balaban J connectivity index is 2.03. The molecule has 3 rings (SSSR count). The van der Waals surface area contributed by atoms with E-state index in [0.717, 1.165) is 15.6 Å². The van der Waals surface area contributed by atoms with Gasteiger partial charge in [0, 0.05) is 15.6 Å². The standard InChI is InChI=1S/C18H15BrN4OS/c1-2-6-12-7-5-8-13(16(12)24)11-20-23-17(21-22-18(23)25)14-9-3-4-10-15(14)19/h2-5,7-11,24H,1,6H2,(H,22,25). The number of phenols is 1. The van der Waals surface area contributed by atoms with Crippen LogP contribution in [0.1, 0.15) is 11.1 Å². The molecule has 2 N–H and O–H groups in total. The fourth-order valence-electron chi connectivity index (χ4n) is 2.37. The van der Waals surface area contributed by atoms with Crippen molar-refractivity contribution in [3.05, 3.63) is 75.5 Å². The van der Waals surface area contributed by atoms with Crippen LogP contribution in [-0.2, 0) is 6.42 Å². The van der Waals surface area contributed by atoms with E-state index in [1.165, 1.54) is 4.68 Å². The van der Waals surface area contributed by atoms with Crippen molar-refractivity contribution in [1.29, 1.82) is 0 Å². The van der Waals surface area contributed by atoms with E-state index in [9.17, 15) is 5.11 Å². The molecule has 0 saturated carbocycles. The first-order valence-electron chi connectivity index (χ1n) is 7.50. The summed E-state index contributed by atoms with van der Waals surface area (Å²) in [6.07, 6.45) is 3.89. The van der Waals surface area contributed by atoms with Crippen molar-refractivity contribution in [2.24, 2.45) is 5.10 Å². The third kappa shape index (κ3) is 3.62. The highest BCUT2D eigenvalue weighted by molar-refractivity contribution is 9.10. The van der Waals surface area contributed by atoms with Gasteiger partial charge in [-0.2, -0.15) is 14.9 Å². The molecule has 126 valence electrons.